The van der Waals surface area contributed by atoms with Crippen molar-refractivity contribution in [2.75, 3.05) is 11.9 Å². The highest BCUT2D eigenvalue weighted by Gasteiger charge is 2.22. The number of aliphatic hydroxyl groups is 1. The summed E-state index contributed by atoms with van der Waals surface area (Å²) in [6.45, 7) is 0.456. The minimum absolute atomic E-state index is 0.330. The molecule has 2 rings (SSSR count). The number of β-amino-alcohol motifs (C(OH)–C–C–N with tert-alkyl or cyclic N) is 1. The molecule has 0 bridgehead atoms. The summed E-state index contributed by atoms with van der Waals surface area (Å²) in [5.41, 5.74) is 1.42. The van der Waals surface area contributed by atoms with Gasteiger partial charge in [0.1, 0.15) is 5.82 Å². The largest absolute Gasteiger partial charge is 0.386 e. The van der Waals surface area contributed by atoms with E-state index < -0.39 is 6.10 Å². The van der Waals surface area contributed by atoms with E-state index in [4.69, 9.17) is 0 Å². The van der Waals surface area contributed by atoms with Crippen molar-refractivity contribution in [3.05, 3.63) is 28.0 Å². The van der Waals surface area contributed by atoms with Gasteiger partial charge in [-0.05, 0) is 28.1 Å². The number of hydrogen-bond acceptors (Lipinski definition) is 2. The molecule has 0 amide bonds. The maximum atomic E-state index is 12.8. The Morgan fingerprint density at radius 1 is 1.58 bits per heavy atom. The number of benzene rings is 1. The summed E-state index contributed by atoms with van der Waals surface area (Å²) >= 11 is 3.21. The third kappa shape index (κ3) is 1.11. The van der Waals surface area contributed by atoms with Crippen molar-refractivity contribution in [2.45, 2.75) is 6.10 Å². The number of nitrogens with one attached hydrogen (secondary N) is 1. The zero-order valence-electron chi connectivity index (χ0n) is 6.14. The Balaban J connectivity index is 2.60. The molecule has 0 fully saturated rings. The van der Waals surface area contributed by atoms with Gasteiger partial charge < -0.3 is 10.4 Å². The lowest BCUT2D eigenvalue weighted by Gasteiger charge is -2.03. The lowest BCUT2D eigenvalue weighted by Crippen LogP contribution is -1.99. The van der Waals surface area contributed by atoms with Gasteiger partial charge in [0, 0.05) is 16.6 Å². The molecule has 12 heavy (non-hydrogen) atoms. The zero-order chi connectivity index (χ0) is 8.72. The van der Waals surface area contributed by atoms with Gasteiger partial charge in [-0.25, -0.2) is 4.39 Å². The molecule has 1 heterocycles. The molecule has 2 nitrogen and oxygen atoms in total. The van der Waals surface area contributed by atoms with Crippen molar-refractivity contribution in [3.63, 3.8) is 0 Å². The topological polar surface area (TPSA) is 32.3 Å². The van der Waals surface area contributed by atoms with Crippen LogP contribution in [0.1, 0.15) is 11.7 Å². The number of hydrogen-bond donors (Lipinski definition) is 2. The summed E-state index contributed by atoms with van der Waals surface area (Å²) in [5, 5.41) is 12.4. The molecule has 0 unspecified atom stereocenters. The van der Waals surface area contributed by atoms with Gasteiger partial charge in [0.25, 0.3) is 0 Å². The van der Waals surface area contributed by atoms with E-state index in [2.05, 4.69) is 21.2 Å². The quantitative estimate of drug-likeness (QED) is 0.717. The second-order valence-corrected chi connectivity index (χ2v) is 3.60. The van der Waals surface area contributed by atoms with Crippen LogP contribution >= 0.6 is 15.9 Å². The Morgan fingerprint density at radius 2 is 2.33 bits per heavy atom. The van der Waals surface area contributed by atoms with Gasteiger partial charge in [-0.15, -0.1) is 0 Å². The number of fused-ring (bicyclic) bond motifs is 1. The van der Waals surface area contributed by atoms with Gasteiger partial charge >= 0.3 is 0 Å². The predicted octanol–water partition coefficient (Wildman–Crippen LogP) is 2.05. The van der Waals surface area contributed by atoms with Crippen LogP contribution in [-0.4, -0.2) is 11.7 Å². The Bertz CT molecular complexity index is 329. The number of anilines is 1. The number of aliphatic hydroxyl groups excluding tert-OH is 1. The van der Waals surface area contributed by atoms with Crippen LogP contribution in [0.25, 0.3) is 0 Å². The van der Waals surface area contributed by atoms with E-state index in [1.807, 2.05) is 0 Å². The van der Waals surface area contributed by atoms with E-state index in [1.54, 1.807) is 0 Å². The molecule has 0 saturated carbocycles. The molecule has 1 aromatic carbocycles. The van der Waals surface area contributed by atoms with Crippen molar-refractivity contribution >= 4 is 21.6 Å². The SMILES string of the molecule is O[C@H]1CNc2c(Br)cc(F)cc21. The molecule has 0 aromatic heterocycles. The first-order chi connectivity index (χ1) is 5.68. The smallest absolute Gasteiger partial charge is 0.124 e. The van der Waals surface area contributed by atoms with E-state index in [1.165, 1.54) is 12.1 Å². The Morgan fingerprint density at radius 3 is 3.08 bits per heavy atom. The van der Waals surface area contributed by atoms with Crippen LogP contribution in [0.15, 0.2) is 16.6 Å². The van der Waals surface area contributed by atoms with Crippen LogP contribution in [0.5, 0.6) is 0 Å². The highest BCUT2D eigenvalue weighted by atomic mass is 79.9. The molecule has 0 aliphatic carbocycles. The summed E-state index contributed by atoms with van der Waals surface area (Å²) < 4.78 is 13.5. The molecule has 1 aromatic rings. The van der Waals surface area contributed by atoms with Gasteiger partial charge in [0.05, 0.1) is 11.8 Å². The molecule has 64 valence electrons. The summed E-state index contributed by atoms with van der Waals surface area (Å²) in [6, 6.07) is 2.73. The normalized spacial score (nSPS) is 20.4. The number of rotatable bonds is 0. The van der Waals surface area contributed by atoms with Crippen molar-refractivity contribution < 1.29 is 9.50 Å². The monoisotopic (exact) mass is 231 g/mol. The molecule has 1 aliphatic heterocycles. The van der Waals surface area contributed by atoms with Crippen molar-refractivity contribution in [2.24, 2.45) is 0 Å². The maximum Gasteiger partial charge on any atom is 0.124 e. The third-order valence-corrected chi connectivity index (χ3v) is 2.54. The first kappa shape index (κ1) is 8.01. The van der Waals surface area contributed by atoms with E-state index in [0.29, 0.717) is 16.6 Å². The van der Waals surface area contributed by atoms with Gasteiger partial charge in [0.15, 0.2) is 0 Å². The minimum atomic E-state index is -0.591. The van der Waals surface area contributed by atoms with Gasteiger partial charge in [-0.1, -0.05) is 0 Å². The summed E-state index contributed by atoms with van der Waals surface area (Å²) in [5.74, 6) is -0.330. The van der Waals surface area contributed by atoms with E-state index >= 15 is 0 Å². The molecule has 1 aliphatic rings. The minimum Gasteiger partial charge on any atom is -0.386 e. The summed E-state index contributed by atoms with van der Waals surface area (Å²) in [6.07, 6.45) is -0.591. The second-order valence-electron chi connectivity index (χ2n) is 2.75. The Labute approximate surface area is 77.5 Å². The summed E-state index contributed by atoms with van der Waals surface area (Å²) in [7, 11) is 0. The van der Waals surface area contributed by atoms with Gasteiger partial charge in [-0.2, -0.15) is 0 Å². The third-order valence-electron chi connectivity index (χ3n) is 1.92. The van der Waals surface area contributed by atoms with E-state index in [-0.39, 0.29) is 5.82 Å². The van der Waals surface area contributed by atoms with Gasteiger partial charge in [0.2, 0.25) is 0 Å². The molecular weight excluding hydrogens is 225 g/mol. The number of halogens is 2. The summed E-state index contributed by atoms with van der Waals surface area (Å²) in [4.78, 5) is 0. The van der Waals surface area contributed by atoms with Crippen molar-refractivity contribution in [3.8, 4) is 0 Å². The first-order valence-electron chi connectivity index (χ1n) is 3.59. The molecule has 0 saturated heterocycles. The average Bonchev–Trinajstić information content (AvgIpc) is 2.33. The van der Waals surface area contributed by atoms with Crippen LogP contribution < -0.4 is 5.32 Å². The van der Waals surface area contributed by atoms with Crippen LogP contribution in [0.2, 0.25) is 0 Å². The van der Waals surface area contributed by atoms with E-state index in [9.17, 15) is 9.50 Å². The Hall–Kier alpha value is -0.610. The fraction of sp³-hybridized carbons (Fsp3) is 0.250. The highest BCUT2D eigenvalue weighted by molar-refractivity contribution is 9.10. The molecular formula is C8H7BrFNO. The zero-order valence-corrected chi connectivity index (χ0v) is 7.73. The molecule has 0 spiro atoms. The fourth-order valence-electron chi connectivity index (χ4n) is 1.35. The molecule has 4 heteroatoms. The first-order valence-corrected chi connectivity index (χ1v) is 4.38. The standard InChI is InChI=1S/C8H7BrFNO/c9-6-2-4(10)1-5-7(12)3-11-8(5)6/h1-2,7,11-12H,3H2/t7-/m0/s1. The Kier molecular flexibility index (Phi) is 1.81. The average molecular weight is 232 g/mol. The van der Waals surface area contributed by atoms with Crippen molar-refractivity contribution in [1.82, 2.24) is 0 Å². The second kappa shape index (κ2) is 2.71. The van der Waals surface area contributed by atoms with Crippen LogP contribution in [0, 0.1) is 5.82 Å². The van der Waals surface area contributed by atoms with Crippen LogP contribution in [0.4, 0.5) is 10.1 Å². The van der Waals surface area contributed by atoms with Gasteiger partial charge in [-0.3, -0.25) is 0 Å². The lowest BCUT2D eigenvalue weighted by molar-refractivity contribution is 0.199. The van der Waals surface area contributed by atoms with Crippen LogP contribution in [-0.2, 0) is 0 Å². The van der Waals surface area contributed by atoms with Crippen LogP contribution in [0.3, 0.4) is 0 Å². The van der Waals surface area contributed by atoms with E-state index in [0.717, 1.165) is 5.69 Å². The predicted molar refractivity (Wildman–Crippen MR) is 47.5 cm³/mol. The molecule has 0 radical (unpaired) electrons. The molecule has 2 N–H and O–H groups in total. The van der Waals surface area contributed by atoms with Crippen molar-refractivity contribution in [1.29, 1.82) is 0 Å². The lowest BCUT2D eigenvalue weighted by atomic mass is 10.1. The maximum absolute atomic E-state index is 12.8. The highest BCUT2D eigenvalue weighted by Crippen LogP contribution is 2.36. The molecule has 1 atom stereocenters. The fourth-order valence-corrected chi connectivity index (χ4v) is 1.94.